The molecule has 1 fully saturated rings. The highest BCUT2D eigenvalue weighted by Crippen LogP contribution is 2.27. The third-order valence-corrected chi connectivity index (χ3v) is 3.94. The number of hydrogen-bond acceptors (Lipinski definition) is 4. The predicted octanol–water partition coefficient (Wildman–Crippen LogP) is 2.77. The summed E-state index contributed by atoms with van der Waals surface area (Å²) in [6, 6.07) is 0. The minimum absolute atomic E-state index is 0.606. The highest BCUT2D eigenvalue weighted by atomic mass is 15.2. The zero-order valence-corrected chi connectivity index (χ0v) is 11.5. The lowest BCUT2D eigenvalue weighted by atomic mass is 9.96. The quantitative estimate of drug-likeness (QED) is 0.893. The van der Waals surface area contributed by atoms with Crippen molar-refractivity contribution in [1.29, 1.82) is 0 Å². The molecule has 1 saturated heterocycles. The van der Waals surface area contributed by atoms with Crippen LogP contribution in [0, 0.1) is 12.8 Å². The Kier molecular flexibility index (Phi) is 4.39. The predicted molar refractivity (Wildman–Crippen MR) is 75.6 cm³/mol. The summed E-state index contributed by atoms with van der Waals surface area (Å²) in [7, 11) is 0. The lowest BCUT2D eigenvalue weighted by Crippen LogP contribution is -2.26. The molecule has 18 heavy (non-hydrogen) atoms. The molecule has 0 amide bonds. The number of nitrogens with two attached hydrogens (primary N) is 1. The van der Waals surface area contributed by atoms with Gasteiger partial charge in [-0.05, 0) is 32.1 Å². The molecule has 1 unspecified atom stereocenters. The lowest BCUT2D eigenvalue weighted by Gasteiger charge is -2.23. The van der Waals surface area contributed by atoms with E-state index < -0.39 is 0 Å². The first kappa shape index (κ1) is 13.1. The molecule has 0 aliphatic carbocycles. The van der Waals surface area contributed by atoms with Gasteiger partial charge in [0.25, 0.3) is 0 Å². The van der Waals surface area contributed by atoms with E-state index in [1.54, 1.807) is 6.33 Å². The molecule has 4 nitrogen and oxygen atoms in total. The first-order valence-corrected chi connectivity index (χ1v) is 7.04. The van der Waals surface area contributed by atoms with Crippen molar-refractivity contribution in [3.05, 3.63) is 11.9 Å². The highest BCUT2D eigenvalue weighted by molar-refractivity contribution is 5.55. The third-order valence-electron chi connectivity index (χ3n) is 3.94. The third kappa shape index (κ3) is 2.92. The maximum absolute atomic E-state index is 5.86. The van der Waals surface area contributed by atoms with Gasteiger partial charge in [0, 0.05) is 18.7 Å². The average Bonchev–Trinajstić information content (AvgIpc) is 2.59. The topological polar surface area (TPSA) is 55.0 Å². The molecule has 2 heterocycles. The Morgan fingerprint density at radius 2 is 2.17 bits per heavy atom. The number of nitrogen functional groups attached to an aromatic ring is 1. The van der Waals surface area contributed by atoms with E-state index in [9.17, 15) is 0 Å². The van der Waals surface area contributed by atoms with Gasteiger partial charge < -0.3 is 10.6 Å². The Hall–Kier alpha value is -1.32. The first-order valence-electron chi connectivity index (χ1n) is 7.04. The number of rotatable bonds is 3. The van der Waals surface area contributed by atoms with Crippen molar-refractivity contribution in [3.63, 3.8) is 0 Å². The summed E-state index contributed by atoms with van der Waals surface area (Å²) in [6.07, 6.45) is 8.12. The van der Waals surface area contributed by atoms with Gasteiger partial charge in [-0.1, -0.05) is 19.8 Å². The Balaban J connectivity index is 2.07. The second-order valence-electron chi connectivity index (χ2n) is 5.28. The van der Waals surface area contributed by atoms with Gasteiger partial charge in [0.05, 0.1) is 0 Å². The SMILES string of the molecule is CCCC1CCCN(c2ncnc(N)c2C)CC1. The highest BCUT2D eigenvalue weighted by Gasteiger charge is 2.19. The van der Waals surface area contributed by atoms with Gasteiger partial charge in [0.1, 0.15) is 18.0 Å². The van der Waals surface area contributed by atoms with E-state index in [2.05, 4.69) is 21.8 Å². The van der Waals surface area contributed by atoms with Gasteiger partial charge in [-0.15, -0.1) is 0 Å². The molecule has 1 aliphatic heterocycles. The molecule has 2 N–H and O–H groups in total. The molecule has 2 rings (SSSR count). The van der Waals surface area contributed by atoms with Crippen LogP contribution in [0.1, 0.15) is 44.6 Å². The summed E-state index contributed by atoms with van der Waals surface area (Å²) < 4.78 is 0. The average molecular weight is 248 g/mol. The largest absolute Gasteiger partial charge is 0.383 e. The summed E-state index contributed by atoms with van der Waals surface area (Å²) in [5.74, 6) is 2.52. The fraction of sp³-hybridized carbons (Fsp3) is 0.714. The molecule has 1 aliphatic rings. The minimum Gasteiger partial charge on any atom is -0.383 e. The Bertz CT molecular complexity index is 391. The van der Waals surface area contributed by atoms with E-state index in [4.69, 9.17) is 5.73 Å². The van der Waals surface area contributed by atoms with Crippen LogP contribution < -0.4 is 10.6 Å². The molecule has 1 aromatic heterocycles. The van der Waals surface area contributed by atoms with E-state index in [0.29, 0.717) is 5.82 Å². The van der Waals surface area contributed by atoms with Gasteiger partial charge in [0.2, 0.25) is 0 Å². The van der Waals surface area contributed by atoms with Crippen LogP contribution >= 0.6 is 0 Å². The fourth-order valence-electron chi connectivity index (χ4n) is 2.85. The van der Waals surface area contributed by atoms with Crippen LogP contribution in [0.3, 0.4) is 0 Å². The number of nitrogens with zero attached hydrogens (tertiary/aromatic N) is 3. The summed E-state index contributed by atoms with van der Waals surface area (Å²) in [6.45, 7) is 6.48. The standard InChI is InChI=1S/C14H24N4/c1-3-5-12-6-4-8-18(9-7-12)14-11(2)13(15)16-10-17-14/h10,12H,3-9H2,1-2H3,(H2,15,16,17). The first-order chi connectivity index (χ1) is 8.72. The molecule has 0 aromatic carbocycles. The van der Waals surface area contributed by atoms with Gasteiger partial charge in [-0.25, -0.2) is 9.97 Å². The minimum atomic E-state index is 0.606. The maximum Gasteiger partial charge on any atom is 0.137 e. The van der Waals surface area contributed by atoms with Crippen LogP contribution in [-0.2, 0) is 0 Å². The van der Waals surface area contributed by atoms with Crippen molar-refractivity contribution >= 4 is 11.6 Å². The monoisotopic (exact) mass is 248 g/mol. The molecule has 0 saturated carbocycles. The van der Waals surface area contributed by atoms with E-state index >= 15 is 0 Å². The second kappa shape index (κ2) is 6.03. The van der Waals surface area contributed by atoms with Crippen molar-refractivity contribution in [2.75, 3.05) is 23.7 Å². The Morgan fingerprint density at radius 1 is 1.33 bits per heavy atom. The van der Waals surface area contributed by atoms with Crippen LogP contribution in [0.15, 0.2) is 6.33 Å². The summed E-state index contributed by atoms with van der Waals surface area (Å²) in [5.41, 5.74) is 6.88. The van der Waals surface area contributed by atoms with E-state index in [-0.39, 0.29) is 0 Å². The molecular formula is C14H24N4. The molecule has 4 heteroatoms. The van der Waals surface area contributed by atoms with Crippen molar-refractivity contribution < 1.29 is 0 Å². The van der Waals surface area contributed by atoms with E-state index in [1.807, 2.05) is 6.92 Å². The number of anilines is 2. The van der Waals surface area contributed by atoms with Crippen LogP contribution in [-0.4, -0.2) is 23.1 Å². The normalized spacial score (nSPS) is 20.8. The Labute approximate surface area is 110 Å². The van der Waals surface area contributed by atoms with Gasteiger partial charge >= 0.3 is 0 Å². The van der Waals surface area contributed by atoms with E-state index in [1.165, 1.54) is 32.1 Å². The van der Waals surface area contributed by atoms with Crippen molar-refractivity contribution in [2.45, 2.75) is 46.0 Å². The van der Waals surface area contributed by atoms with E-state index in [0.717, 1.165) is 30.4 Å². The van der Waals surface area contributed by atoms with Crippen LogP contribution in [0.5, 0.6) is 0 Å². The molecular weight excluding hydrogens is 224 g/mol. The van der Waals surface area contributed by atoms with Gasteiger partial charge in [-0.2, -0.15) is 0 Å². The molecule has 0 spiro atoms. The molecule has 1 atom stereocenters. The maximum atomic E-state index is 5.86. The lowest BCUT2D eigenvalue weighted by molar-refractivity contribution is 0.435. The van der Waals surface area contributed by atoms with Crippen molar-refractivity contribution in [3.8, 4) is 0 Å². The van der Waals surface area contributed by atoms with Crippen molar-refractivity contribution in [1.82, 2.24) is 9.97 Å². The fourth-order valence-corrected chi connectivity index (χ4v) is 2.85. The molecule has 0 radical (unpaired) electrons. The summed E-state index contributed by atoms with van der Waals surface area (Å²) >= 11 is 0. The number of hydrogen-bond donors (Lipinski definition) is 1. The van der Waals surface area contributed by atoms with Gasteiger partial charge in [-0.3, -0.25) is 0 Å². The number of aromatic nitrogens is 2. The summed E-state index contributed by atoms with van der Waals surface area (Å²) in [4.78, 5) is 10.8. The van der Waals surface area contributed by atoms with Gasteiger partial charge in [0.15, 0.2) is 0 Å². The molecule has 100 valence electrons. The van der Waals surface area contributed by atoms with Crippen molar-refractivity contribution in [2.24, 2.45) is 5.92 Å². The zero-order valence-electron chi connectivity index (χ0n) is 11.5. The summed E-state index contributed by atoms with van der Waals surface area (Å²) in [5, 5.41) is 0. The van der Waals surface area contributed by atoms with Crippen LogP contribution in [0.25, 0.3) is 0 Å². The van der Waals surface area contributed by atoms with Crippen LogP contribution in [0.2, 0.25) is 0 Å². The second-order valence-corrected chi connectivity index (χ2v) is 5.28. The van der Waals surface area contributed by atoms with Crippen LogP contribution in [0.4, 0.5) is 11.6 Å². The Morgan fingerprint density at radius 3 is 2.94 bits per heavy atom. The smallest absolute Gasteiger partial charge is 0.137 e. The molecule has 1 aromatic rings. The molecule has 0 bridgehead atoms. The zero-order chi connectivity index (χ0) is 13.0.